The van der Waals surface area contributed by atoms with Crippen LogP contribution in [0.2, 0.25) is 0 Å². The van der Waals surface area contributed by atoms with E-state index in [0.29, 0.717) is 5.69 Å². The lowest BCUT2D eigenvalue weighted by Gasteiger charge is -2.14. The summed E-state index contributed by atoms with van der Waals surface area (Å²) < 4.78 is 0. The van der Waals surface area contributed by atoms with E-state index in [1.807, 2.05) is 51.1 Å². The van der Waals surface area contributed by atoms with Crippen LogP contribution in [-0.2, 0) is 0 Å². The van der Waals surface area contributed by atoms with E-state index in [-0.39, 0.29) is 0 Å². The van der Waals surface area contributed by atoms with Gasteiger partial charge in [0.25, 0.3) is 0 Å². The van der Waals surface area contributed by atoms with Crippen LogP contribution < -0.4 is 0 Å². The van der Waals surface area contributed by atoms with Crippen molar-refractivity contribution < 1.29 is 5.11 Å². The molecule has 1 unspecified atom stereocenters. The van der Waals surface area contributed by atoms with Gasteiger partial charge in [-0.25, -0.2) is 0 Å². The molecule has 1 N–H and O–H groups in total. The molecule has 0 radical (unpaired) electrons. The van der Waals surface area contributed by atoms with Crippen LogP contribution in [0, 0.1) is 20.8 Å². The second-order valence-corrected chi connectivity index (χ2v) is 4.47. The van der Waals surface area contributed by atoms with Crippen molar-refractivity contribution in [2.75, 3.05) is 0 Å². The molecule has 2 rings (SSSR count). The average molecular weight is 227 g/mol. The SMILES string of the molecule is Cc1ccc(C)c(C(O)c2cccc(C)n2)c1. The van der Waals surface area contributed by atoms with Gasteiger partial charge in [-0.1, -0.05) is 29.8 Å². The van der Waals surface area contributed by atoms with Crippen molar-refractivity contribution in [1.29, 1.82) is 0 Å². The summed E-state index contributed by atoms with van der Waals surface area (Å²) in [7, 11) is 0. The van der Waals surface area contributed by atoms with Crippen molar-refractivity contribution in [1.82, 2.24) is 4.98 Å². The molecule has 1 aromatic carbocycles. The number of aliphatic hydroxyl groups excluding tert-OH is 1. The molecule has 1 heterocycles. The third kappa shape index (κ3) is 2.53. The van der Waals surface area contributed by atoms with E-state index in [2.05, 4.69) is 11.1 Å². The summed E-state index contributed by atoms with van der Waals surface area (Å²) in [5.74, 6) is 0. The zero-order chi connectivity index (χ0) is 12.4. The molecular weight excluding hydrogens is 210 g/mol. The van der Waals surface area contributed by atoms with Crippen LogP contribution in [0.15, 0.2) is 36.4 Å². The molecule has 2 aromatic rings. The maximum Gasteiger partial charge on any atom is 0.121 e. The lowest BCUT2D eigenvalue weighted by atomic mass is 9.98. The highest BCUT2D eigenvalue weighted by Gasteiger charge is 2.14. The Labute approximate surface area is 102 Å². The molecule has 0 aliphatic rings. The number of pyridine rings is 1. The van der Waals surface area contributed by atoms with Crippen molar-refractivity contribution in [2.45, 2.75) is 26.9 Å². The average Bonchev–Trinajstić information content (AvgIpc) is 2.31. The number of aliphatic hydroxyl groups is 1. The molecule has 0 aliphatic carbocycles. The highest BCUT2D eigenvalue weighted by atomic mass is 16.3. The highest BCUT2D eigenvalue weighted by molar-refractivity contribution is 5.36. The molecular formula is C15H17NO. The summed E-state index contributed by atoms with van der Waals surface area (Å²) in [4.78, 5) is 4.37. The van der Waals surface area contributed by atoms with Crippen molar-refractivity contribution >= 4 is 0 Å². The fraction of sp³-hybridized carbons (Fsp3) is 0.267. The van der Waals surface area contributed by atoms with Gasteiger partial charge in [-0.3, -0.25) is 4.98 Å². The standard InChI is InChI=1S/C15H17NO/c1-10-7-8-11(2)13(9-10)15(17)14-6-4-5-12(3)16-14/h4-9,15,17H,1-3H3. The molecule has 17 heavy (non-hydrogen) atoms. The Balaban J connectivity index is 2.43. The van der Waals surface area contributed by atoms with Crippen molar-refractivity contribution in [3.8, 4) is 0 Å². The summed E-state index contributed by atoms with van der Waals surface area (Å²) >= 11 is 0. The summed E-state index contributed by atoms with van der Waals surface area (Å²) in [6.07, 6.45) is -0.644. The largest absolute Gasteiger partial charge is 0.382 e. The van der Waals surface area contributed by atoms with Crippen LogP contribution in [0.5, 0.6) is 0 Å². The lowest BCUT2D eigenvalue weighted by molar-refractivity contribution is 0.214. The van der Waals surface area contributed by atoms with E-state index < -0.39 is 6.10 Å². The Morgan fingerprint density at radius 1 is 1.06 bits per heavy atom. The van der Waals surface area contributed by atoms with Gasteiger partial charge < -0.3 is 5.11 Å². The fourth-order valence-corrected chi connectivity index (χ4v) is 1.93. The maximum absolute atomic E-state index is 10.4. The molecule has 0 saturated heterocycles. The van der Waals surface area contributed by atoms with Gasteiger partial charge in [0.15, 0.2) is 0 Å². The van der Waals surface area contributed by atoms with Crippen LogP contribution in [0.3, 0.4) is 0 Å². The zero-order valence-electron chi connectivity index (χ0n) is 10.4. The lowest BCUT2D eigenvalue weighted by Crippen LogP contribution is -2.05. The Morgan fingerprint density at radius 2 is 1.82 bits per heavy atom. The molecule has 0 aliphatic heterocycles. The molecule has 88 valence electrons. The van der Waals surface area contributed by atoms with Crippen LogP contribution in [-0.4, -0.2) is 10.1 Å². The molecule has 0 spiro atoms. The number of benzene rings is 1. The number of aryl methyl sites for hydroxylation is 3. The second kappa shape index (κ2) is 4.68. The van der Waals surface area contributed by atoms with Gasteiger partial charge in [-0.05, 0) is 44.0 Å². The first-order chi connectivity index (χ1) is 8.08. The maximum atomic E-state index is 10.4. The first-order valence-corrected chi connectivity index (χ1v) is 5.76. The van der Waals surface area contributed by atoms with Gasteiger partial charge in [-0.2, -0.15) is 0 Å². The number of nitrogens with zero attached hydrogens (tertiary/aromatic N) is 1. The van der Waals surface area contributed by atoms with Gasteiger partial charge in [-0.15, -0.1) is 0 Å². The normalized spacial score (nSPS) is 12.5. The van der Waals surface area contributed by atoms with Crippen LogP contribution in [0.4, 0.5) is 0 Å². The van der Waals surface area contributed by atoms with Crippen molar-refractivity contribution in [3.05, 3.63) is 64.5 Å². The molecule has 0 bridgehead atoms. The van der Waals surface area contributed by atoms with E-state index in [9.17, 15) is 5.11 Å². The molecule has 2 nitrogen and oxygen atoms in total. The zero-order valence-corrected chi connectivity index (χ0v) is 10.4. The van der Waals surface area contributed by atoms with E-state index >= 15 is 0 Å². The molecule has 0 amide bonds. The van der Waals surface area contributed by atoms with E-state index in [1.165, 1.54) is 0 Å². The third-order valence-corrected chi connectivity index (χ3v) is 2.92. The molecule has 1 aromatic heterocycles. The Hall–Kier alpha value is -1.67. The van der Waals surface area contributed by atoms with Gasteiger partial charge in [0.1, 0.15) is 6.10 Å². The molecule has 0 fully saturated rings. The minimum atomic E-state index is -0.644. The minimum absolute atomic E-state index is 0.644. The van der Waals surface area contributed by atoms with Crippen LogP contribution in [0.25, 0.3) is 0 Å². The second-order valence-electron chi connectivity index (χ2n) is 4.47. The first kappa shape index (κ1) is 11.8. The van der Waals surface area contributed by atoms with E-state index in [4.69, 9.17) is 0 Å². The van der Waals surface area contributed by atoms with E-state index in [0.717, 1.165) is 22.4 Å². The summed E-state index contributed by atoms with van der Waals surface area (Å²) in [5.41, 5.74) is 4.80. The van der Waals surface area contributed by atoms with Gasteiger partial charge in [0.2, 0.25) is 0 Å². The van der Waals surface area contributed by atoms with E-state index in [1.54, 1.807) is 0 Å². The Morgan fingerprint density at radius 3 is 2.53 bits per heavy atom. The predicted molar refractivity (Wildman–Crippen MR) is 69.0 cm³/mol. The minimum Gasteiger partial charge on any atom is -0.382 e. The van der Waals surface area contributed by atoms with Crippen molar-refractivity contribution in [3.63, 3.8) is 0 Å². The first-order valence-electron chi connectivity index (χ1n) is 5.76. The number of aromatic nitrogens is 1. The Kier molecular flexibility index (Phi) is 3.25. The van der Waals surface area contributed by atoms with Crippen LogP contribution >= 0.6 is 0 Å². The van der Waals surface area contributed by atoms with Crippen molar-refractivity contribution in [2.24, 2.45) is 0 Å². The van der Waals surface area contributed by atoms with Gasteiger partial charge in [0.05, 0.1) is 5.69 Å². The summed E-state index contributed by atoms with van der Waals surface area (Å²) in [6, 6.07) is 11.8. The van der Waals surface area contributed by atoms with Crippen LogP contribution in [0.1, 0.15) is 34.2 Å². The smallest absolute Gasteiger partial charge is 0.121 e. The third-order valence-electron chi connectivity index (χ3n) is 2.92. The summed E-state index contributed by atoms with van der Waals surface area (Å²) in [6.45, 7) is 5.96. The monoisotopic (exact) mass is 227 g/mol. The topological polar surface area (TPSA) is 33.1 Å². The Bertz CT molecular complexity index is 534. The summed E-state index contributed by atoms with van der Waals surface area (Å²) in [5, 5.41) is 10.4. The number of rotatable bonds is 2. The highest BCUT2D eigenvalue weighted by Crippen LogP contribution is 2.24. The molecule has 0 saturated carbocycles. The van der Waals surface area contributed by atoms with Gasteiger partial charge in [0, 0.05) is 5.69 Å². The molecule has 2 heteroatoms. The number of hydrogen-bond donors (Lipinski definition) is 1. The fourth-order valence-electron chi connectivity index (χ4n) is 1.93. The quantitative estimate of drug-likeness (QED) is 0.855. The molecule has 1 atom stereocenters. The number of hydrogen-bond acceptors (Lipinski definition) is 2. The predicted octanol–water partition coefficient (Wildman–Crippen LogP) is 3.09. The van der Waals surface area contributed by atoms with Gasteiger partial charge >= 0.3 is 0 Å².